The minimum Gasteiger partial charge on any atom is -0.483 e. The maximum Gasteiger partial charge on any atom is 0.169 e. The van der Waals surface area contributed by atoms with Crippen molar-refractivity contribution in [3.8, 4) is 5.75 Å². The number of benzene rings is 1. The lowest BCUT2D eigenvalue weighted by molar-refractivity contribution is -0.122. The zero-order valence-corrected chi connectivity index (χ0v) is 9.25. The molecule has 0 aliphatic heterocycles. The number of aryl methyl sites for hydroxylation is 2. The summed E-state index contributed by atoms with van der Waals surface area (Å²) in [5, 5.41) is 0. The van der Waals surface area contributed by atoms with Crippen LogP contribution in [0.25, 0.3) is 0 Å². The SMILES string of the molecule is CC(=O)C(C)Oc1ccc2c(c1)CCC2. The first-order chi connectivity index (χ1) is 7.16. The topological polar surface area (TPSA) is 26.3 Å². The van der Waals surface area contributed by atoms with E-state index in [2.05, 4.69) is 12.1 Å². The molecule has 0 saturated carbocycles. The Hall–Kier alpha value is -1.31. The van der Waals surface area contributed by atoms with Gasteiger partial charge in [-0.15, -0.1) is 0 Å². The molecule has 15 heavy (non-hydrogen) atoms. The van der Waals surface area contributed by atoms with E-state index in [4.69, 9.17) is 4.74 Å². The summed E-state index contributed by atoms with van der Waals surface area (Å²) < 4.78 is 5.55. The van der Waals surface area contributed by atoms with Crippen LogP contribution in [-0.2, 0) is 17.6 Å². The Kier molecular flexibility index (Phi) is 2.76. The van der Waals surface area contributed by atoms with Crippen LogP contribution in [-0.4, -0.2) is 11.9 Å². The lowest BCUT2D eigenvalue weighted by Gasteiger charge is -2.12. The Morgan fingerprint density at radius 2 is 2.07 bits per heavy atom. The van der Waals surface area contributed by atoms with Crippen molar-refractivity contribution in [3.63, 3.8) is 0 Å². The van der Waals surface area contributed by atoms with Gasteiger partial charge in [-0.2, -0.15) is 0 Å². The first-order valence-corrected chi connectivity index (χ1v) is 5.46. The van der Waals surface area contributed by atoms with Gasteiger partial charge in [-0.05, 0) is 56.4 Å². The highest BCUT2D eigenvalue weighted by Gasteiger charge is 2.13. The molecule has 0 heterocycles. The predicted molar refractivity (Wildman–Crippen MR) is 59.2 cm³/mol. The number of ketones is 1. The summed E-state index contributed by atoms with van der Waals surface area (Å²) in [7, 11) is 0. The summed E-state index contributed by atoms with van der Waals surface area (Å²) in [4.78, 5) is 11.1. The Labute approximate surface area is 90.3 Å². The number of Topliss-reactive ketones (excluding diaryl/α,β-unsaturated/α-hetero) is 1. The molecule has 1 atom stereocenters. The third kappa shape index (κ3) is 2.20. The van der Waals surface area contributed by atoms with Gasteiger partial charge in [0.15, 0.2) is 11.9 Å². The van der Waals surface area contributed by atoms with Gasteiger partial charge < -0.3 is 4.74 Å². The van der Waals surface area contributed by atoms with Crippen molar-refractivity contribution in [1.29, 1.82) is 0 Å². The van der Waals surface area contributed by atoms with Crippen LogP contribution in [0.4, 0.5) is 0 Å². The molecule has 1 unspecified atom stereocenters. The van der Waals surface area contributed by atoms with E-state index in [-0.39, 0.29) is 11.9 Å². The fourth-order valence-electron chi connectivity index (χ4n) is 1.91. The van der Waals surface area contributed by atoms with Crippen molar-refractivity contribution in [2.24, 2.45) is 0 Å². The second-order valence-electron chi connectivity index (χ2n) is 4.15. The first kappa shape index (κ1) is 10.2. The van der Waals surface area contributed by atoms with Crippen molar-refractivity contribution in [2.75, 3.05) is 0 Å². The molecular weight excluding hydrogens is 188 g/mol. The summed E-state index contributed by atoms with van der Waals surface area (Å²) in [6.45, 7) is 3.34. The van der Waals surface area contributed by atoms with E-state index in [1.807, 2.05) is 6.07 Å². The van der Waals surface area contributed by atoms with Crippen molar-refractivity contribution >= 4 is 5.78 Å². The molecular formula is C13H16O2. The molecule has 0 N–H and O–H groups in total. The second kappa shape index (κ2) is 4.05. The van der Waals surface area contributed by atoms with E-state index in [1.54, 1.807) is 13.8 Å². The van der Waals surface area contributed by atoms with Gasteiger partial charge in [0, 0.05) is 0 Å². The molecule has 1 aliphatic rings. The molecule has 2 rings (SSSR count). The Balaban J connectivity index is 2.13. The molecule has 1 aliphatic carbocycles. The smallest absolute Gasteiger partial charge is 0.169 e. The van der Waals surface area contributed by atoms with Crippen molar-refractivity contribution in [1.82, 2.24) is 0 Å². The minimum atomic E-state index is -0.343. The molecule has 1 aromatic rings. The number of hydrogen-bond acceptors (Lipinski definition) is 2. The van der Waals surface area contributed by atoms with Crippen molar-refractivity contribution < 1.29 is 9.53 Å². The Morgan fingerprint density at radius 1 is 1.33 bits per heavy atom. The lowest BCUT2D eigenvalue weighted by atomic mass is 10.1. The highest BCUT2D eigenvalue weighted by molar-refractivity contribution is 5.80. The molecule has 0 spiro atoms. The number of carbonyl (C=O) groups excluding carboxylic acids is 1. The average molecular weight is 204 g/mol. The van der Waals surface area contributed by atoms with Crippen LogP contribution in [0.3, 0.4) is 0 Å². The zero-order chi connectivity index (χ0) is 10.8. The third-order valence-corrected chi connectivity index (χ3v) is 2.96. The fourth-order valence-corrected chi connectivity index (χ4v) is 1.91. The summed E-state index contributed by atoms with van der Waals surface area (Å²) in [6.07, 6.45) is 3.21. The van der Waals surface area contributed by atoms with Gasteiger partial charge in [0.2, 0.25) is 0 Å². The van der Waals surface area contributed by atoms with Gasteiger partial charge in [-0.25, -0.2) is 0 Å². The third-order valence-electron chi connectivity index (χ3n) is 2.96. The van der Waals surface area contributed by atoms with Crippen LogP contribution in [0.5, 0.6) is 5.75 Å². The van der Waals surface area contributed by atoms with Gasteiger partial charge in [0.25, 0.3) is 0 Å². The van der Waals surface area contributed by atoms with Crippen LogP contribution < -0.4 is 4.74 Å². The predicted octanol–water partition coefficient (Wildman–Crippen LogP) is 2.53. The quantitative estimate of drug-likeness (QED) is 0.756. The fraction of sp³-hybridized carbons (Fsp3) is 0.462. The van der Waals surface area contributed by atoms with E-state index >= 15 is 0 Å². The largest absolute Gasteiger partial charge is 0.483 e. The Morgan fingerprint density at radius 3 is 2.80 bits per heavy atom. The molecule has 0 fully saturated rings. The van der Waals surface area contributed by atoms with Crippen LogP contribution in [0.1, 0.15) is 31.4 Å². The Bertz CT molecular complexity index is 382. The van der Waals surface area contributed by atoms with Crippen molar-refractivity contribution in [3.05, 3.63) is 29.3 Å². The van der Waals surface area contributed by atoms with Crippen LogP contribution in [0, 0.1) is 0 Å². The molecule has 0 radical (unpaired) electrons. The number of fused-ring (bicyclic) bond motifs is 1. The number of rotatable bonds is 3. The van der Waals surface area contributed by atoms with Gasteiger partial charge in [-0.3, -0.25) is 4.79 Å². The van der Waals surface area contributed by atoms with E-state index < -0.39 is 0 Å². The lowest BCUT2D eigenvalue weighted by Crippen LogP contribution is -2.20. The van der Waals surface area contributed by atoms with Crippen LogP contribution in [0.2, 0.25) is 0 Å². The molecule has 0 bridgehead atoms. The maximum absolute atomic E-state index is 11.1. The normalized spacial score (nSPS) is 15.9. The number of carbonyl (C=O) groups is 1. The number of hydrogen-bond donors (Lipinski definition) is 0. The summed E-state index contributed by atoms with van der Waals surface area (Å²) >= 11 is 0. The maximum atomic E-state index is 11.1. The minimum absolute atomic E-state index is 0.0653. The zero-order valence-electron chi connectivity index (χ0n) is 9.25. The summed E-state index contributed by atoms with van der Waals surface area (Å²) in [6, 6.07) is 6.15. The number of ether oxygens (including phenoxy) is 1. The molecule has 0 saturated heterocycles. The van der Waals surface area contributed by atoms with Crippen LogP contribution >= 0.6 is 0 Å². The molecule has 2 heteroatoms. The van der Waals surface area contributed by atoms with Gasteiger partial charge >= 0.3 is 0 Å². The standard InChI is InChI=1S/C13H16O2/c1-9(14)10(2)15-13-7-6-11-4-3-5-12(11)8-13/h6-8,10H,3-5H2,1-2H3. The summed E-state index contributed by atoms with van der Waals surface area (Å²) in [5.74, 6) is 0.883. The van der Waals surface area contributed by atoms with Gasteiger partial charge in [0.1, 0.15) is 5.75 Å². The van der Waals surface area contributed by atoms with Gasteiger partial charge in [0.05, 0.1) is 0 Å². The van der Waals surface area contributed by atoms with E-state index in [0.717, 1.165) is 12.2 Å². The monoisotopic (exact) mass is 204 g/mol. The molecule has 2 nitrogen and oxygen atoms in total. The highest BCUT2D eigenvalue weighted by atomic mass is 16.5. The van der Waals surface area contributed by atoms with E-state index in [1.165, 1.54) is 24.0 Å². The molecule has 80 valence electrons. The summed E-state index contributed by atoms with van der Waals surface area (Å²) in [5.41, 5.74) is 2.81. The van der Waals surface area contributed by atoms with Gasteiger partial charge in [-0.1, -0.05) is 6.07 Å². The van der Waals surface area contributed by atoms with E-state index in [9.17, 15) is 4.79 Å². The first-order valence-electron chi connectivity index (χ1n) is 5.46. The van der Waals surface area contributed by atoms with E-state index in [0.29, 0.717) is 0 Å². The van der Waals surface area contributed by atoms with Crippen LogP contribution in [0.15, 0.2) is 18.2 Å². The molecule has 0 amide bonds. The molecule has 0 aromatic heterocycles. The average Bonchev–Trinajstić information content (AvgIpc) is 2.64. The molecule has 1 aromatic carbocycles. The highest BCUT2D eigenvalue weighted by Crippen LogP contribution is 2.26. The van der Waals surface area contributed by atoms with Crippen molar-refractivity contribution in [2.45, 2.75) is 39.2 Å². The second-order valence-corrected chi connectivity index (χ2v) is 4.15.